The molecule has 2 unspecified atom stereocenters. The van der Waals surface area contributed by atoms with E-state index in [4.69, 9.17) is 0 Å². The number of aryl methyl sites for hydroxylation is 1. The van der Waals surface area contributed by atoms with Gasteiger partial charge < -0.3 is 9.88 Å². The van der Waals surface area contributed by atoms with Gasteiger partial charge >= 0.3 is 0 Å². The van der Waals surface area contributed by atoms with Crippen LogP contribution in [0.5, 0.6) is 0 Å². The zero-order valence-corrected chi connectivity index (χ0v) is 10.2. The van der Waals surface area contributed by atoms with Gasteiger partial charge in [-0.3, -0.25) is 0 Å². The molecule has 2 atom stereocenters. The number of rotatable bonds is 4. The molecule has 0 spiro atoms. The molecule has 1 aromatic rings. The van der Waals surface area contributed by atoms with Crippen molar-refractivity contribution in [3.63, 3.8) is 0 Å². The van der Waals surface area contributed by atoms with E-state index in [0.29, 0.717) is 12.1 Å². The van der Waals surface area contributed by atoms with Gasteiger partial charge in [-0.1, -0.05) is 19.1 Å². The van der Waals surface area contributed by atoms with E-state index >= 15 is 0 Å². The van der Waals surface area contributed by atoms with Crippen LogP contribution in [0.25, 0.3) is 0 Å². The Balaban J connectivity index is 2.00. The van der Waals surface area contributed by atoms with E-state index in [-0.39, 0.29) is 0 Å². The summed E-state index contributed by atoms with van der Waals surface area (Å²) in [7, 11) is 2.06. The average Bonchev–Trinajstić information content (AvgIpc) is 2.74. The fraction of sp³-hybridized carbons (Fsp3) is 0.615. The molecule has 0 amide bonds. The third-order valence-corrected chi connectivity index (χ3v) is 3.28. The summed E-state index contributed by atoms with van der Waals surface area (Å²) in [6.45, 7) is 2.21. The lowest BCUT2D eigenvalue weighted by atomic mass is 10.0. The Hall–Kier alpha value is -1.09. The summed E-state index contributed by atoms with van der Waals surface area (Å²) in [5.74, 6) is 1.15. The molecule has 0 aromatic carbocycles. The molecule has 1 aliphatic rings. The van der Waals surface area contributed by atoms with Gasteiger partial charge in [-0.05, 0) is 25.7 Å². The van der Waals surface area contributed by atoms with Crippen molar-refractivity contribution in [1.82, 2.24) is 14.9 Å². The van der Waals surface area contributed by atoms with Crippen LogP contribution in [0.2, 0.25) is 0 Å². The summed E-state index contributed by atoms with van der Waals surface area (Å²) in [6.07, 6.45) is 13.1. The monoisotopic (exact) mass is 219 g/mol. The molecule has 0 radical (unpaired) electrons. The van der Waals surface area contributed by atoms with Crippen molar-refractivity contribution in [1.29, 1.82) is 0 Å². The Kier molecular flexibility index (Phi) is 3.78. The summed E-state index contributed by atoms with van der Waals surface area (Å²) in [5.41, 5.74) is 0. The van der Waals surface area contributed by atoms with Crippen LogP contribution < -0.4 is 5.32 Å². The predicted molar refractivity (Wildman–Crippen MR) is 66.2 cm³/mol. The average molecular weight is 219 g/mol. The van der Waals surface area contributed by atoms with Crippen LogP contribution in [0.1, 0.15) is 44.5 Å². The van der Waals surface area contributed by atoms with Crippen molar-refractivity contribution in [2.24, 2.45) is 7.05 Å². The number of aromatic nitrogens is 2. The van der Waals surface area contributed by atoms with Gasteiger partial charge in [-0.2, -0.15) is 0 Å². The number of hydrogen-bond donors (Lipinski definition) is 1. The molecule has 0 saturated carbocycles. The highest BCUT2D eigenvalue weighted by Gasteiger charge is 2.18. The van der Waals surface area contributed by atoms with E-state index in [1.165, 1.54) is 12.8 Å². The number of nitrogens with one attached hydrogen (secondary N) is 1. The molecule has 1 aromatic heterocycles. The van der Waals surface area contributed by atoms with E-state index in [1.807, 2.05) is 12.4 Å². The number of imidazole rings is 1. The maximum Gasteiger partial charge on any atom is 0.125 e. The van der Waals surface area contributed by atoms with Crippen molar-refractivity contribution in [3.05, 3.63) is 30.4 Å². The molecule has 3 heteroatoms. The molecule has 0 aliphatic heterocycles. The molecule has 0 bridgehead atoms. The van der Waals surface area contributed by atoms with Crippen molar-refractivity contribution >= 4 is 0 Å². The first-order valence-electron chi connectivity index (χ1n) is 6.19. The Morgan fingerprint density at radius 3 is 3.00 bits per heavy atom. The van der Waals surface area contributed by atoms with Gasteiger partial charge in [-0.15, -0.1) is 0 Å². The number of nitrogens with zero attached hydrogens (tertiary/aromatic N) is 2. The van der Waals surface area contributed by atoms with Crippen LogP contribution in [0.15, 0.2) is 24.5 Å². The Morgan fingerprint density at radius 2 is 2.44 bits per heavy atom. The first kappa shape index (κ1) is 11.4. The Labute approximate surface area is 97.6 Å². The van der Waals surface area contributed by atoms with Crippen LogP contribution in [0, 0.1) is 0 Å². The SMILES string of the molecule is CCC(NC1CC=CCC1)c1nccn1C. The van der Waals surface area contributed by atoms with Crippen molar-refractivity contribution in [2.75, 3.05) is 0 Å². The summed E-state index contributed by atoms with van der Waals surface area (Å²) >= 11 is 0. The first-order valence-corrected chi connectivity index (χ1v) is 6.19. The Morgan fingerprint density at radius 1 is 1.56 bits per heavy atom. The molecule has 0 fully saturated rings. The lowest BCUT2D eigenvalue weighted by Crippen LogP contribution is -2.34. The summed E-state index contributed by atoms with van der Waals surface area (Å²) < 4.78 is 2.11. The van der Waals surface area contributed by atoms with Gasteiger partial charge in [0, 0.05) is 25.5 Å². The molecule has 0 saturated heterocycles. The third-order valence-electron chi connectivity index (χ3n) is 3.28. The quantitative estimate of drug-likeness (QED) is 0.789. The zero-order chi connectivity index (χ0) is 11.4. The van der Waals surface area contributed by atoms with Crippen LogP contribution >= 0.6 is 0 Å². The standard InChI is InChI=1S/C13H21N3/c1-3-12(13-14-9-10-16(13)2)15-11-7-5-4-6-8-11/h4-5,9-12,15H,3,6-8H2,1-2H3. The second kappa shape index (κ2) is 5.30. The van der Waals surface area contributed by atoms with E-state index in [1.54, 1.807) is 0 Å². The lowest BCUT2D eigenvalue weighted by molar-refractivity contribution is 0.385. The molecule has 3 nitrogen and oxygen atoms in total. The molecule has 1 N–H and O–H groups in total. The molecule has 1 aliphatic carbocycles. The third kappa shape index (κ3) is 2.53. The van der Waals surface area contributed by atoms with Crippen LogP contribution in [0.3, 0.4) is 0 Å². The number of allylic oxidation sites excluding steroid dienone is 1. The summed E-state index contributed by atoms with van der Waals surface area (Å²) in [5, 5.41) is 3.71. The molecule has 1 heterocycles. The van der Waals surface area contributed by atoms with Crippen molar-refractivity contribution in [3.8, 4) is 0 Å². The summed E-state index contributed by atoms with van der Waals surface area (Å²) in [6, 6.07) is 1.00. The van der Waals surface area contributed by atoms with Gasteiger partial charge in [0.15, 0.2) is 0 Å². The molecule has 88 valence electrons. The highest BCUT2D eigenvalue weighted by molar-refractivity contribution is 5.01. The molecular formula is C13H21N3. The highest BCUT2D eigenvalue weighted by atomic mass is 15.1. The number of hydrogen-bond acceptors (Lipinski definition) is 2. The fourth-order valence-corrected chi connectivity index (χ4v) is 2.32. The topological polar surface area (TPSA) is 29.9 Å². The largest absolute Gasteiger partial charge is 0.337 e. The highest BCUT2D eigenvalue weighted by Crippen LogP contribution is 2.19. The Bertz CT molecular complexity index is 354. The molecule has 16 heavy (non-hydrogen) atoms. The minimum Gasteiger partial charge on any atom is -0.337 e. The van der Waals surface area contributed by atoms with Crippen LogP contribution in [0.4, 0.5) is 0 Å². The second-order valence-electron chi connectivity index (χ2n) is 4.51. The second-order valence-corrected chi connectivity index (χ2v) is 4.51. The fourth-order valence-electron chi connectivity index (χ4n) is 2.32. The van der Waals surface area contributed by atoms with Crippen LogP contribution in [-0.4, -0.2) is 15.6 Å². The van der Waals surface area contributed by atoms with Gasteiger partial charge in [0.05, 0.1) is 6.04 Å². The molecular weight excluding hydrogens is 198 g/mol. The van der Waals surface area contributed by atoms with E-state index in [0.717, 1.165) is 18.7 Å². The first-order chi connectivity index (χ1) is 7.81. The van der Waals surface area contributed by atoms with Crippen molar-refractivity contribution < 1.29 is 0 Å². The van der Waals surface area contributed by atoms with Gasteiger partial charge in [0.25, 0.3) is 0 Å². The van der Waals surface area contributed by atoms with E-state index in [2.05, 4.69) is 41.0 Å². The van der Waals surface area contributed by atoms with Crippen molar-refractivity contribution in [2.45, 2.75) is 44.7 Å². The maximum atomic E-state index is 4.43. The van der Waals surface area contributed by atoms with Gasteiger partial charge in [0.2, 0.25) is 0 Å². The van der Waals surface area contributed by atoms with Crippen LogP contribution in [-0.2, 0) is 7.05 Å². The smallest absolute Gasteiger partial charge is 0.125 e. The predicted octanol–water partition coefficient (Wildman–Crippen LogP) is 2.57. The van der Waals surface area contributed by atoms with E-state index < -0.39 is 0 Å². The van der Waals surface area contributed by atoms with Gasteiger partial charge in [-0.25, -0.2) is 4.98 Å². The van der Waals surface area contributed by atoms with E-state index in [9.17, 15) is 0 Å². The zero-order valence-electron chi connectivity index (χ0n) is 10.2. The minimum absolute atomic E-state index is 0.386. The maximum absolute atomic E-state index is 4.43. The van der Waals surface area contributed by atoms with Gasteiger partial charge in [0.1, 0.15) is 5.82 Å². The lowest BCUT2D eigenvalue weighted by Gasteiger charge is -2.25. The minimum atomic E-state index is 0.386. The summed E-state index contributed by atoms with van der Waals surface area (Å²) in [4.78, 5) is 4.43. The molecule has 2 rings (SSSR count). The normalized spacial score (nSPS) is 22.2.